The van der Waals surface area contributed by atoms with E-state index in [1.54, 1.807) is 17.5 Å². The number of nitrogens with one attached hydrogen (secondary N) is 2. The Balaban J connectivity index is 1.58. The molecule has 1 aromatic heterocycles. The molecule has 0 spiro atoms. The average Bonchev–Trinajstić information content (AvgIpc) is 3.08. The first-order chi connectivity index (χ1) is 12.0. The lowest BCUT2D eigenvalue weighted by Gasteiger charge is -2.22. The number of anilines is 1. The molecule has 1 aromatic carbocycles. The van der Waals surface area contributed by atoms with Crippen LogP contribution in [0.4, 0.5) is 15.6 Å². The molecule has 2 aromatic rings. The molecule has 1 fully saturated rings. The molecule has 0 aliphatic heterocycles. The smallest absolute Gasteiger partial charge is 0.319 e. The Hall–Kier alpha value is -2.13. The zero-order valence-corrected chi connectivity index (χ0v) is 15.1. The molecule has 3 rings (SSSR count). The highest BCUT2D eigenvalue weighted by Crippen LogP contribution is 2.29. The Kier molecular flexibility index (Phi) is 5.54. The minimum absolute atomic E-state index is 0.0564. The number of carbonyl (C=O) groups excluding carboxylic acids is 1. The van der Waals surface area contributed by atoms with E-state index in [0.29, 0.717) is 5.69 Å². The van der Waals surface area contributed by atoms with E-state index in [-0.39, 0.29) is 22.1 Å². The monoisotopic (exact) mass is 379 g/mol. The van der Waals surface area contributed by atoms with Gasteiger partial charge in [-0.05, 0) is 42.5 Å². The van der Waals surface area contributed by atoms with Crippen molar-refractivity contribution in [1.82, 2.24) is 10.3 Å². The number of hydrogen-bond donors (Lipinski definition) is 2. The summed E-state index contributed by atoms with van der Waals surface area (Å²) in [5.74, 6) is 0. The summed E-state index contributed by atoms with van der Waals surface area (Å²) in [6.07, 6.45) is 7.00. The number of amides is 2. The lowest BCUT2D eigenvalue weighted by Crippen LogP contribution is -2.38. The number of benzene rings is 1. The molecular formula is C16H19N4O3S2-. The molecule has 2 amide bonds. The van der Waals surface area contributed by atoms with Gasteiger partial charge in [0.15, 0.2) is 0 Å². The second-order valence-electron chi connectivity index (χ2n) is 5.84. The van der Waals surface area contributed by atoms with Crippen LogP contribution < -0.4 is 10.6 Å². The summed E-state index contributed by atoms with van der Waals surface area (Å²) in [6.45, 7) is 0. The highest BCUT2D eigenvalue weighted by molar-refractivity contribution is 7.94. The summed E-state index contributed by atoms with van der Waals surface area (Å²) in [7, 11) is -3.81. The van der Waals surface area contributed by atoms with Gasteiger partial charge in [0.05, 0.1) is 4.90 Å². The van der Waals surface area contributed by atoms with E-state index < -0.39 is 10.0 Å². The van der Waals surface area contributed by atoms with Crippen molar-refractivity contribution in [2.45, 2.75) is 43.0 Å². The first kappa shape index (κ1) is 17.7. The predicted octanol–water partition coefficient (Wildman–Crippen LogP) is 3.99. The maximum Gasteiger partial charge on any atom is 0.319 e. The zero-order valence-electron chi connectivity index (χ0n) is 13.5. The number of hydrogen-bond acceptors (Lipinski definition) is 5. The Morgan fingerprint density at radius 3 is 2.52 bits per heavy atom. The summed E-state index contributed by atoms with van der Waals surface area (Å²) in [5.41, 5.74) is 0.529. The normalized spacial score (nSPS) is 15.5. The van der Waals surface area contributed by atoms with Gasteiger partial charge in [-0.1, -0.05) is 25.5 Å². The molecule has 1 saturated carbocycles. The number of urea groups is 1. The summed E-state index contributed by atoms with van der Waals surface area (Å²) in [5, 5.41) is 7.52. The van der Waals surface area contributed by atoms with Crippen molar-refractivity contribution in [3.8, 4) is 0 Å². The number of thiazole rings is 1. The minimum atomic E-state index is -3.81. The van der Waals surface area contributed by atoms with Gasteiger partial charge in [0.25, 0.3) is 0 Å². The van der Waals surface area contributed by atoms with Crippen LogP contribution in [0.5, 0.6) is 0 Å². The maximum atomic E-state index is 12.2. The largest absolute Gasteiger partial charge is 0.433 e. The van der Waals surface area contributed by atoms with E-state index in [1.807, 2.05) is 0 Å². The molecular weight excluding hydrogens is 360 g/mol. The van der Waals surface area contributed by atoms with Gasteiger partial charge >= 0.3 is 6.03 Å². The average molecular weight is 379 g/mol. The van der Waals surface area contributed by atoms with E-state index in [4.69, 9.17) is 0 Å². The van der Waals surface area contributed by atoms with Gasteiger partial charge in [-0.2, -0.15) is 11.3 Å². The lowest BCUT2D eigenvalue weighted by atomic mass is 9.96. The number of nitrogens with zero attached hydrogens (tertiary/aromatic N) is 2. The number of sulfonamides is 1. The van der Waals surface area contributed by atoms with Gasteiger partial charge in [-0.3, -0.25) is 0 Å². The fourth-order valence-corrected chi connectivity index (χ4v) is 4.40. The van der Waals surface area contributed by atoms with Crippen LogP contribution >= 0.6 is 11.3 Å². The molecule has 25 heavy (non-hydrogen) atoms. The predicted molar refractivity (Wildman–Crippen MR) is 97.8 cm³/mol. The van der Waals surface area contributed by atoms with Gasteiger partial charge < -0.3 is 20.3 Å². The van der Waals surface area contributed by atoms with Crippen molar-refractivity contribution in [2.75, 3.05) is 5.32 Å². The number of rotatable bonds is 5. The van der Waals surface area contributed by atoms with Crippen LogP contribution in [0.25, 0.3) is 4.72 Å². The van der Waals surface area contributed by atoms with Gasteiger partial charge in [-0.15, -0.1) is 0 Å². The standard InChI is InChI=1S/C16H20N4O3S2/c21-15(18-12-4-2-1-3-5-12)19-13-6-8-14(9-7-13)25(22,23)20-16-17-10-11-24-16/h6-12H,1-5H2,(H3,17,18,19,20,21)/p-1. The van der Waals surface area contributed by atoms with Crippen LogP contribution in [0.2, 0.25) is 0 Å². The molecule has 2 N–H and O–H groups in total. The van der Waals surface area contributed by atoms with E-state index in [0.717, 1.165) is 37.0 Å². The summed E-state index contributed by atoms with van der Waals surface area (Å²) < 4.78 is 28.1. The summed E-state index contributed by atoms with van der Waals surface area (Å²) in [6, 6.07) is 5.88. The Morgan fingerprint density at radius 2 is 1.88 bits per heavy atom. The fraction of sp³-hybridized carbons (Fsp3) is 0.375. The Labute approximate surface area is 150 Å². The second-order valence-corrected chi connectivity index (χ2v) is 8.32. The van der Waals surface area contributed by atoms with Crippen LogP contribution in [0.1, 0.15) is 32.1 Å². The lowest BCUT2D eigenvalue weighted by molar-refractivity contribution is 0.244. The quantitative estimate of drug-likeness (QED) is 0.820. The maximum absolute atomic E-state index is 12.2. The third-order valence-corrected chi connectivity index (χ3v) is 6.03. The molecule has 0 radical (unpaired) electrons. The van der Waals surface area contributed by atoms with Crippen molar-refractivity contribution in [3.63, 3.8) is 0 Å². The molecule has 1 heterocycles. The van der Waals surface area contributed by atoms with Gasteiger partial charge in [0, 0.05) is 16.9 Å². The molecule has 0 saturated heterocycles. The first-order valence-corrected chi connectivity index (χ1v) is 10.4. The van der Waals surface area contributed by atoms with Crippen molar-refractivity contribution < 1.29 is 13.2 Å². The Bertz CT molecular complexity index is 798. The molecule has 9 heteroatoms. The highest BCUT2D eigenvalue weighted by Gasteiger charge is 2.16. The second kappa shape index (κ2) is 7.83. The number of carbonyl (C=O) groups is 1. The van der Waals surface area contributed by atoms with Crippen LogP contribution in [-0.4, -0.2) is 25.5 Å². The summed E-state index contributed by atoms with van der Waals surface area (Å²) >= 11 is 1.15. The van der Waals surface area contributed by atoms with Gasteiger partial charge in [0.2, 0.25) is 10.0 Å². The van der Waals surface area contributed by atoms with Crippen LogP contribution in [0.3, 0.4) is 0 Å². The molecule has 7 nitrogen and oxygen atoms in total. The van der Waals surface area contributed by atoms with Crippen LogP contribution in [-0.2, 0) is 10.0 Å². The van der Waals surface area contributed by atoms with Gasteiger partial charge in [0.1, 0.15) is 0 Å². The first-order valence-electron chi connectivity index (χ1n) is 8.08. The zero-order chi connectivity index (χ0) is 17.7. The third-order valence-electron chi connectivity index (χ3n) is 3.97. The number of aromatic nitrogens is 1. The van der Waals surface area contributed by atoms with E-state index in [9.17, 15) is 13.2 Å². The van der Waals surface area contributed by atoms with Gasteiger partial charge in [-0.25, -0.2) is 13.2 Å². The van der Waals surface area contributed by atoms with Crippen molar-refractivity contribution in [1.29, 1.82) is 0 Å². The van der Waals surface area contributed by atoms with Crippen molar-refractivity contribution in [2.24, 2.45) is 0 Å². The molecule has 0 unspecified atom stereocenters. The van der Waals surface area contributed by atoms with Crippen molar-refractivity contribution in [3.05, 3.63) is 40.6 Å². The summed E-state index contributed by atoms with van der Waals surface area (Å²) in [4.78, 5) is 15.9. The molecule has 134 valence electrons. The van der Waals surface area contributed by atoms with Crippen LogP contribution in [0.15, 0.2) is 40.7 Å². The highest BCUT2D eigenvalue weighted by atomic mass is 32.2. The van der Waals surface area contributed by atoms with Crippen molar-refractivity contribution >= 4 is 38.2 Å². The van der Waals surface area contributed by atoms with Crippen LogP contribution in [0, 0.1) is 0 Å². The third kappa shape index (κ3) is 4.93. The Morgan fingerprint density at radius 1 is 1.16 bits per heavy atom. The molecule has 1 aliphatic rings. The van der Waals surface area contributed by atoms with E-state index >= 15 is 0 Å². The molecule has 1 aliphatic carbocycles. The molecule has 0 bridgehead atoms. The van der Waals surface area contributed by atoms with E-state index in [1.165, 1.54) is 24.8 Å². The SMILES string of the molecule is O=C(Nc1ccc(S(=O)(=O)[N-]c2nccs2)cc1)NC1CCCCC1. The molecule has 0 atom stereocenters. The van der Waals surface area contributed by atoms with E-state index in [2.05, 4.69) is 20.3 Å². The fourth-order valence-electron chi connectivity index (χ4n) is 2.73. The topological polar surface area (TPSA) is 102 Å². The minimum Gasteiger partial charge on any atom is -0.433 e.